The number of hydrogen-bond acceptors (Lipinski definition) is 4. The molecule has 2 atom stereocenters. The predicted octanol–water partition coefficient (Wildman–Crippen LogP) is 0.0189. The normalized spacial score (nSPS) is 21.8. The molecule has 0 spiro atoms. The molecule has 0 saturated carbocycles. The van der Waals surface area contributed by atoms with E-state index in [0.717, 1.165) is 12.8 Å². The number of nitrogens with one attached hydrogen (secondary N) is 1. The molecule has 6 heteroatoms. The lowest BCUT2D eigenvalue weighted by Crippen LogP contribution is -2.40. The van der Waals surface area contributed by atoms with Gasteiger partial charge >= 0.3 is 5.97 Å². The van der Waals surface area contributed by atoms with E-state index in [2.05, 4.69) is 5.32 Å². The summed E-state index contributed by atoms with van der Waals surface area (Å²) in [5.41, 5.74) is 0. The lowest BCUT2D eigenvalue weighted by atomic mass is 10.0. The number of carbonyl (C=O) groups is 2. The van der Waals surface area contributed by atoms with Crippen LogP contribution in [0.5, 0.6) is 0 Å². The number of ether oxygens (including phenoxy) is 2. The van der Waals surface area contributed by atoms with Crippen LogP contribution in [0.3, 0.4) is 0 Å². The third-order valence-electron chi connectivity index (χ3n) is 2.77. The number of carboxylic acid groups (broad SMARTS) is 1. The molecule has 0 aromatic rings. The van der Waals surface area contributed by atoms with Crippen molar-refractivity contribution in [1.82, 2.24) is 5.32 Å². The minimum atomic E-state index is -0.938. The SMILES string of the molecule is COC(CNC(=O)C1CCCOC1)CC(=O)O. The van der Waals surface area contributed by atoms with Crippen molar-refractivity contribution in [3.63, 3.8) is 0 Å². The summed E-state index contributed by atoms with van der Waals surface area (Å²) in [6.07, 6.45) is 1.11. The lowest BCUT2D eigenvalue weighted by Gasteiger charge is -2.22. The van der Waals surface area contributed by atoms with E-state index in [-0.39, 0.29) is 24.8 Å². The Balaban J connectivity index is 2.27. The Labute approximate surface area is 100 Å². The largest absolute Gasteiger partial charge is 0.481 e. The van der Waals surface area contributed by atoms with Crippen molar-refractivity contribution in [2.45, 2.75) is 25.4 Å². The first-order chi connectivity index (χ1) is 8.13. The number of carbonyl (C=O) groups excluding carboxylic acids is 1. The van der Waals surface area contributed by atoms with Gasteiger partial charge < -0.3 is 19.9 Å². The molecule has 17 heavy (non-hydrogen) atoms. The Morgan fingerprint density at radius 3 is 2.88 bits per heavy atom. The fraction of sp³-hybridized carbons (Fsp3) is 0.818. The summed E-state index contributed by atoms with van der Waals surface area (Å²) in [6, 6.07) is 0. The molecule has 1 rings (SSSR count). The quantitative estimate of drug-likeness (QED) is 0.689. The molecule has 0 aromatic carbocycles. The van der Waals surface area contributed by atoms with E-state index >= 15 is 0 Å². The van der Waals surface area contributed by atoms with Crippen molar-refractivity contribution in [1.29, 1.82) is 0 Å². The highest BCUT2D eigenvalue weighted by atomic mass is 16.5. The van der Waals surface area contributed by atoms with Crippen molar-refractivity contribution in [3.05, 3.63) is 0 Å². The summed E-state index contributed by atoms with van der Waals surface area (Å²) in [5, 5.41) is 11.3. The van der Waals surface area contributed by atoms with E-state index in [1.165, 1.54) is 7.11 Å². The molecule has 1 aliphatic rings. The van der Waals surface area contributed by atoms with Gasteiger partial charge in [0, 0.05) is 20.3 Å². The lowest BCUT2D eigenvalue weighted by molar-refractivity contribution is -0.140. The molecule has 0 aliphatic carbocycles. The van der Waals surface area contributed by atoms with Crippen LogP contribution in [0.15, 0.2) is 0 Å². The van der Waals surface area contributed by atoms with Crippen molar-refractivity contribution in [2.24, 2.45) is 5.92 Å². The van der Waals surface area contributed by atoms with Crippen LogP contribution in [0.2, 0.25) is 0 Å². The molecule has 0 bridgehead atoms. The van der Waals surface area contributed by atoms with Gasteiger partial charge in [0.2, 0.25) is 5.91 Å². The average Bonchev–Trinajstić information content (AvgIpc) is 2.34. The molecular weight excluding hydrogens is 226 g/mol. The summed E-state index contributed by atoms with van der Waals surface area (Å²) in [6.45, 7) is 1.38. The molecule has 2 N–H and O–H groups in total. The van der Waals surface area contributed by atoms with Crippen LogP contribution in [-0.4, -0.2) is 50.0 Å². The fourth-order valence-electron chi connectivity index (χ4n) is 1.74. The first kappa shape index (κ1) is 13.9. The highest BCUT2D eigenvalue weighted by Gasteiger charge is 2.22. The van der Waals surface area contributed by atoms with E-state index in [0.29, 0.717) is 13.2 Å². The molecule has 1 aliphatic heterocycles. The molecule has 6 nitrogen and oxygen atoms in total. The number of rotatable bonds is 6. The highest BCUT2D eigenvalue weighted by molar-refractivity contribution is 5.79. The first-order valence-electron chi connectivity index (χ1n) is 5.73. The van der Waals surface area contributed by atoms with E-state index in [1.807, 2.05) is 0 Å². The van der Waals surface area contributed by atoms with Crippen molar-refractivity contribution < 1.29 is 24.2 Å². The maximum atomic E-state index is 11.7. The molecule has 1 saturated heterocycles. The maximum absolute atomic E-state index is 11.7. The van der Waals surface area contributed by atoms with Gasteiger partial charge in [-0.3, -0.25) is 9.59 Å². The molecular formula is C11H19NO5. The zero-order valence-electron chi connectivity index (χ0n) is 9.98. The number of hydrogen-bond donors (Lipinski definition) is 2. The Bertz CT molecular complexity index is 263. The third kappa shape index (κ3) is 5.14. The van der Waals surface area contributed by atoms with E-state index in [4.69, 9.17) is 14.6 Å². The molecule has 98 valence electrons. The van der Waals surface area contributed by atoms with Gasteiger partial charge in [0.25, 0.3) is 0 Å². The first-order valence-corrected chi connectivity index (χ1v) is 5.73. The van der Waals surface area contributed by atoms with Gasteiger partial charge in [-0.2, -0.15) is 0 Å². The van der Waals surface area contributed by atoms with Gasteiger partial charge in [-0.1, -0.05) is 0 Å². The minimum Gasteiger partial charge on any atom is -0.481 e. The van der Waals surface area contributed by atoms with Gasteiger partial charge in [0.05, 0.1) is 25.0 Å². The van der Waals surface area contributed by atoms with Crippen LogP contribution in [0.25, 0.3) is 0 Å². The summed E-state index contributed by atoms with van der Waals surface area (Å²) in [5.74, 6) is -1.14. The zero-order valence-corrected chi connectivity index (χ0v) is 9.98. The molecule has 0 aromatic heterocycles. The van der Waals surface area contributed by atoms with Crippen molar-refractivity contribution in [2.75, 3.05) is 26.9 Å². The zero-order chi connectivity index (χ0) is 12.7. The van der Waals surface area contributed by atoms with Crippen molar-refractivity contribution in [3.8, 4) is 0 Å². The summed E-state index contributed by atoms with van der Waals surface area (Å²) in [4.78, 5) is 22.2. The summed E-state index contributed by atoms with van der Waals surface area (Å²) in [7, 11) is 1.43. The Kier molecular flexibility index (Phi) is 5.93. The topological polar surface area (TPSA) is 84.9 Å². The molecule has 2 unspecified atom stereocenters. The van der Waals surface area contributed by atoms with Gasteiger partial charge in [-0.25, -0.2) is 0 Å². The molecule has 1 amide bonds. The Morgan fingerprint density at radius 2 is 2.35 bits per heavy atom. The van der Waals surface area contributed by atoms with Gasteiger partial charge in [-0.05, 0) is 12.8 Å². The second-order valence-electron chi connectivity index (χ2n) is 4.11. The van der Waals surface area contributed by atoms with E-state index < -0.39 is 12.1 Å². The second-order valence-corrected chi connectivity index (χ2v) is 4.11. The monoisotopic (exact) mass is 245 g/mol. The fourth-order valence-corrected chi connectivity index (χ4v) is 1.74. The van der Waals surface area contributed by atoms with Gasteiger partial charge in [0.1, 0.15) is 0 Å². The summed E-state index contributed by atoms with van der Waals surface area (Å²) >= 11 is 0. The van der Waals surface area contributed by atoms with Gasteiger partial charge in [-0.15, -0.1) is 0 Å². The third-order valence-corrected chi connectivity index (χ3v) is 2.77. The highest BCUT2D eigenvalue weighted by Crippen LogP contribution is 2.13. The molecule has 1 heterocycles. The van der Waals surface area contributed by atoms with Crippen LogP contribution < -0.4 is 5.32 Å². The maximum Gasteiger partial charge on any atom is 0.306 e. The second kappa shape index (κ2) is 7.24. The molecule has 0 radical (unpaired) electrons. The van der Waals surface area contributed by atoms with E-state index in [9.17, 15) is 9.59 Å². The van der Waals surface area contributed by atoms with Crippen LogP contribution >= 0.6 is 0 Å². The minimum absolute atomic E-state index is 0.0860. The predicted molar refractivity (Wildman–Crippen MR) is 59.6 cm³/mol. The number of methoxy groups -OCH3 is 1. The average molecular weight is 245 g/mol. The smallest absolute Gasteiger partial charge is 0.306 e. The van der Waals surface area contributed by atoms with Gasteiger partial charge in [0.15, 0.2) is 0 Å². The van der Waals surface area contributed by atoms with Crippen molar-refractivity contribution >= 4 is 11.9 Å². The van der Waals surface area contributed by atoms with Crippen LogP contribution in [0, 0.1) is 5.92 Å². The standard InChI is InChI=1S/C11H19NO5/c1-16-9(5-10(13)14)6-12-11(15)8-3-2-4-17-7-8/h8-9H,2-7H2,1H3,(H,12,15)(H,13,14). The Morgan fingerprint density at radius 1 is 1.59 bits per heavy atom. The van der Waals surface area contributed by atoms with E-state index in [1.54, 1.807) is 0 Å². The molecule has 1 fully saturated rings. The number of carboxylic acids is 1. The van der Waals surface area contributed by atoms with Crippen LogP contribution in [0.1, 0.15) is 19.3 Å². The number of aliphatic carboxylic acids is 1. The summed E-state index contributed by atoms with van der Waals surface area (Å²) < 4.78 is 10.2. The number of amides is 1. The Hall–Kier alpha value is -1.14. The van der Waals surface area contributed by atoms with Crippen LogP contribution in [-0.2, 0) is 19.1 Å². The van der Waals surface area contributed by atoms with Crippen LogP contribution in [0.4, 0.5) is 0 Å².